The Balaban J connectivity index is 1.95. The summed E-state index contributed by atoms with van der Waals surface area (Å²) in [7, 11) is 1.32. The predicted octanol–water partition coefficient (Wildman–Crippen LogP) is 2.63. The van der Waals surface area contributed by atoms with E-state index in [1.807, 2.05) is 39.0 Å². The van der Waals surface area contributed by atoms with E-state index >= 15 is 0 Å². The number of carbonyl (C=O) groups excluding carboxylic acids is 2. The Morgan fingerprint density at radius 2 is 2.15 bits per heavy atom. The van der Waals surface area contributed by atoms with Crippen LogP contribution in [0.15, 0.2) is 18.2 Å². The molecule has 0 saturated heterocycles. The minimum atomic E-state index is -0.626. The summed E-state index contributed by atoms with van der Waals surface area (Å²) in [6, 6.07) is 4.97. The van der Waals surface area contributed by atoms with Gasteiger partial charge < -0.3 is 14.8 Å². The fourth-order valence-corrected chi connectivity index (χ4v) is 3.20. The van der Waals surface area contributed by atoms with Crippen molar-refractivity contribution < 1.29 is 19.1 Å². The Kier molecular flexibility index (Phi) is 7.29. The first-order chi connectivity index (χ1) is 12.3. The van der Waals surface area contributed by atoms with Crippen LogP contribution in [0.2, 0.25) is 5.02 Å². The van der Waals surface area contributed by atoms with Gasteiger partial charge in [0.1, 0.15) is 17.9 Å². The third kappa shape index (κ3) is 5.61. The van der Waals surface area contributed by atoms with Gasteiger partial charge in [0, 0.05) is 36.6 Å². The minimum absolute atomic E-state index is 0.0129. The van der Waals surface area contributed by atoms with Gasteiger partial charge in [-0.1, -0.05) is 25.4 Å². The first-order valence-electron chi connectivity index (χ1n) is 8.84. The van der Waals surface area contributed by atoms with Crippen LogP contribution in [-0.4, -0.2) is 49.1 Å². The summed E-state index contributed by atoms with van der Waals surface area (Å²) >= 11 is 6.09. The van der Waals surface area contributed by atoms with Gasteiger partial charge in [-0.05, 0) is 31.0 Å². The Morgan fingerprint density at radius 1 is 1.42 bits per heavy atom. The van der Waals surface area contributed by atoms with Crippen molar-refractivity contribution >= 4 is 23.5 Å². The van der Waals surface area contributed by atoms with Gasteiger partial charge in [0.05, 0.1) is 7.11 Å². The first-order valence-corrected chi connectivity index (χ1v) is 9.22. The van der Waals surface area contributed by atoms with Crippen molar-refractivity contribution in [2.45, 2.75) is 45.9 Å². The van der Waals surface area contributed by atoms with Gasteiger partial charge in [-0.15, -0.1) is 0 Å². The van der Waals surface area contributed by atoms with Crippen molar-refractivity contribution in [2.75, 3.05) is 20.2 Å². The average Bonchev–Trinajstić information content (AvgIpc) is 2.74. The van der Waals surface area contributed by atoms with Gasteiger partial charge >= 0.3 is 5.97 Å². The highest BCUT2D eigenvalue weighted by atomic mass is 35.5. The van der Waals surface area contributed by atoms with Crippen molar-refractivity contribution in [1.29, 1.82) is 0 Å². The molecular weight excluding hydrogens is 356 g/mol. The molecule has 1 amide bonds. The monoisotopic (exact) mass is 382 g/mol. The number of hydrogen-bond donors (Lipinski definition) is 1. The summed E-state index contributed by atoms with van der Waals surface area (Å²) in [4.78, 5) is 26.2. The standard InChI is InChI=1S/C19H27ClN2O4/c1-12(2)18(19(24)25-4)21-17(23)7-8-22-10-13(3)26-16-6-5-15(20)9-14(16)11-22/h5-6,9,12-13,18H,7-8,10-11H2,1-4H3,(H,21,23)/t13?,18-/m0/s1. The van der Waals surface area contributed by atoms with E-state index in [-0.39, 0.29) is 17.9 Å². The largest absolute Gasteiger partial charge is 0.489 e. The number of hydrogen-bond acceptors (Lipinski definition) is 5. The number of carbonyl (C=O) groups is 2. The van der Waals surface area contributed by atoms with E-state index in [0.717, 1.165) is 11.3 Å². The Morgan fingerprint density at radius 3 is 2.81 bits per heavy atom. The second-order valence-corrected chi connectivity index (χ2v) is 7.41. The molecule has 0 radical (unpaired) electrons. The molecule has 2 rings (SSSR count). The highest BCUT2D eigenvalue weighted by Gasteiger charge is 2.26. The first kappa shape index (κ1) is 20.5. The lowest BCUT2D eigenvalue weighted by Gasteiger charge is -2.23. The molecule has 26 heavy (non-hydrogen) atoms. The molecule has 0 aromatic heterocycles. The number of ether oxygens (including phenoxy) is 2. The molecular formula is C19H27ClN2O4. The number of halogens is 1. The smallest absolute Gasteiger partial charge is 0.328 e. The zero-order chi connectivity index (χ0) is 19.3. The fourth-order valence-electron chi connectivity index (χ4n) is 3.01. The topological polar surface area (TPSA) is 67.9 Å². The van der Waals surface area contributed by atoms with E-state index in [2.05, 4.69) is 10.2 Å². The molecule has 1 aromatic rings. The van der Waals surface area contributed by atoms with E-state index in [4.69, 9.17) is 21.1 Å². The van der Waals surface area contributed by atoms with Crippen LogP contribution in [0.3, 0.4) is 0 Å². The van der Waals surface area contributed by atoms with Crippen molar-refractivity contribution in [2.24, 2.45) is 5.92 Å². The Hall–Kier alpha value is -1.79. The third-order valence-corrected chi connectivity index (χ3v) is 4.59. The maximum Gasteiger partial charge on any atom is 0.328 e. The molecule has 6 nitrogen and oxygen atoms in total. The molecule has 0 aliphatic carbocycles. The van der Waals surface area contributed by atoms with E-state index in [9.17, 15) is 9.59 Å². The Bertz CT molecular complexity index is 650. The highest BCUT2D eigenvalue weighted by Crippen LogP contribution is 2.28. The molecule has 144 valence electrons. The van der Waals surface area contributed by atoms with Gasteiger partial charge in [-0.3, -0.25) is 9.69 Å². The number of benzene rings is 1. The second-order valence-electron chi connectivity index (χ2n) is 6.98. The number of esters is 1. The number of nitrogens with one attached hydrogen (secondary N) is 1. The fraction of sp³-hybridized carbons (Fsp3) is 0.579. The molecule has 1 heterocycles. The van der Waals surface area contributed by atoms with Crippen LogP contribution in [0, 0.1) is 5.92 Å². The van der Waals surface area contributed by atoms with Crippen molar-refractivity contribution in [3.05, 3.63) is 28.8 Å². The molecule has 1 aliphatic heterocycles. The molecule has 0 fully saturated rings. The van der Waals surface area contributed by atoms with Gasteiger partial charge in [-0.25, -0.2) is 4.79 Å². The second kappa shape index (κ2) is 9.24. The molecule has 1 aromatic carbocycles. The number of amides is 1. The van der Waals surface area contributed by atoms with Gasteiger partial charge in [-0.2, -0.15) is 0 Å². The SMILES string of the molecule is COC(=O)[C@@H](NC(=O)CCN1Cc2cc(Cl)ccc2OC(C)C1)C(C)C. The van der Waals surface area contributed by atoms with Crippen LogP contribution < -0.4 is 10.1 Å². The van der Waals surface area contributed by atoms with Gasteiger partial charge in [0.2, 0.25) is 5.91 Å². The summed E-state index contributed by atoms with van der Waals surface area (Å²) in [5, 5.41) is 3.43. The number of nitrogens with zero attached hydrogens (tertiary/aromatic N) is 1. The zero-order valence-corrected chi connectivity index (χ0v) is 16.5. The van der Waals surface area contributed by atoms with Crippen molar-refractivity contribution in [3.63, 3.8) is 0 Å². The summed E-state index contributed by atoms with van der Waals surface area (Å²) in [6.45, 7) is 7.69. The molecule has 2 atom stereocenters. The van der Waals surface area contributed by atoms with Crippen LogP contribution >= 0.6 is 11.6 Å². The lowest BCUT2D eigenvalue weighted by atomic mass is 10.0. The molecule has 0 saturated carbocycles. The van der Waals surface area contributed by atoms with Crippen LogP contribution in [-0.2, 0) is 20.9 Å². The average molecular weight is 383 g/mol. The van der Waals surface area contributed by atoms with Gasteiger partial charge in [0.25, 0.3) is 0 Å². The summed E-state index contributed by atoms with van der Waals surface area (Å²) in [5.41, 5.74) is 1.01. The highest BCUT2D eigenvalue weighted by molar-refractivity contribution is 6.30. The maximum atomic E-state index is 12.3. The van der Waals surface area contributed by atoms with Crippen LogP contribution in [0.4, 0.5) is 0 Å². The predicted molar refractivity (Wildman–Crippen MR) is 100 cm³/mol. The van der Waals surface area contributed by atoms with Crippen molar-refractivity contribution in [3.8, 4) is 5.75 Å². The molecule has 1 N–H and O–H groups in total. The zero-order valence-electron chi connectivity index (χ0n) is 15.8. The molecule has 7 heteroatoms. The lowest BCUT2D eigenvalue weighted by Crippen LogP contribution is -2.46. The summed E-state index contributed by atoms with van der Waals surface area (Å²) in [5.74, 6) is 0.207. The number of rotatable bonds is 6. The van der Waals surface area contributed by atoms with E-state index in [1.54, 1.807) is 0 Å². The quantitative estimate of drug-likeness (QED) is 0.766. The van der Waals surface area contributed by atoms with Gasteiger partial charge in [0.15, 0.2) is 0 Å². The van der Waals surface area contributed by atoms with E-state index in [0.29, 0.717) is 31.1 Å². The van der Waals surface area contributed by atoms with Crippen molar-refractivity contribution in [1.82, 2.24) is 10.2 Å². The maximum absolute atomic E-state index is 12.3. The number of fused-ring (bicyclic) bond motifs is 1. The van der Waals surface area contributed by atoms with Crippen LogP contribution in [0.1, 0.15) is 32.8 Å². The van der Waals surface area contributed by atoms with Crippen LogP contribution in [0.5, 0.6) is 5.75 Å². The lowest BCUT2D eigenvalue weighted by molar-refractivity contribution is -0.146. The van der Waals surface area contributed by atoms with E-state index in [1.165, 1.54) is 7.11 Å². The Labute approximate surface area is 159 Å². The normalized spacial score (nSPS) is 18.5. The summed E-state index contributed by atoms with van der Waals surface area (Å²) in [6.07, 6.45) is 0.307. The number of methoxy groups -OCH3 is 1. The van der Waals surface area contributed by atoms with E-state index < -0.39 is 12.0 Å². The molecule has 1 aliphatic rings. The molecule has 1 unspecified atom stereocenters. The minimum Gasteiger partial charge on any atom is -0.489 e. The molecule has 0 spiro atoms. The summed E-state index contributed by atoms with van der Waals surface area (Å²) < 4.78 is 10.7. The third-order valence-electron chi connectivity index (χ3n) is 4.35. The molecule has 0 bridgehead atoms. The van der Waals surface area contributed by atoms with Crippen LogP contribution in [0.25, 0.3) is 0 Å².